The molecule has 0 radical (unpaired) electrons. The quantitative estimate of drug-likeness (QED) is 0.229. The minimum atomic E-state index is 1.17. The van der Waals surface area contributed by atoms with Crippen LogP contribution in [0.15, 0.2) is 134 Å². The standard InChI is InChI=1S/C34H22N2/c1-3-11-23(12-4-1)35-22-21-29-31(35)20-19-30-32-27-17-9-7-15-25(27)26-16-8-10-18-28(26)34(32)36(33(29)30)24-13-5-2-6-14-24/h1-22H. The molecule has 0 atom stereocenters. The van der Waals surface area contributed by atoms with Crippen LogP contribution in [0.4, 0.5) is 0 Å². The summed E-state index contributed by atoms with van der Waals surface area (Å²) >= 11 is 0. The van der Waals surface area contributed by atoms with Crippen LogP contribution >= 0.6 is 0 Å². The van der Waals surface area contributed by atoms with Crippen LogP contribution in [0.5, 0.6) is 0 Å². The molecule has 2 aromatic heterocycles. The van der Waals surface area contributed by atoms with Gasteiger partial charge in [-0.1, -0.05) is 91.0 Å². The first-order valence-electron chi connectivity index (χ1n) is 12.4. The number of para-hydroxylation sites is 2. The van der Waals surface area contributed by atoms with Crippen molar-refractivity contribution in [2.24, 2.45) is 0 Å². The van der Waals surface area contributed by atoms with Gasteiger partial charge in [-0.15, -0.1) is 0 Å². The lowest BCUT2D eigenvalue weighted by molar-refractivity contribution is 1.13. The number of hydrogen-bond acceptors (Lipinski definition) is 0. The minimum Gasteiger partial charge on any atom is -0.316 e. The van der Waals surface area contributed by atoms with Gasteiger partial charge in [0.1, 0.15) is 0 Å². The fraction of sp³-hybridized carbons (Fsp3) is 0. The zero-order valence-corrected chi connectivity index (χ0v) is 19.6. The topological polar surface area (TPSA) is 9.86 Å². The van der Waals surface area contributed by atoms with E-state index in [-0.39, 0.29) is 0 Å². The highest BCUT2D eigenvalue weighted by molar-refractivity contribution is 6.34. The molecule has 6 aromatic carbocycles. The van der Waals surface area contributed by atoms with Crippen molar-refractivity contribution in [2.45, 2.75) is 0 Å². The third-order valence-electron chi connectivity index (χ3n) is 7.51. The largest absolute Gasteiger partial charge is 0.316 e. The molecule has 2 nitrogen and oxygen atoms in total. The van der Waals surface area contributed by atoms with Crippen LogP contribution in [0.3, 0.4) is 0 Å². The number of benzene rings is 6. The summed E-state index contributed by atoms with van der Waals surface area (Å²) in [6.45, 7) is 0. The van der Waals surface area contributed by atoms with Crippen molar-refractivity contribution >= 4 is 54.3 Å². The fourth-order valence-corrected chi connectivity index (χ4v) is 6.03. The van der Waals surface area contributed by atoms with Crippen molar-refractivity contribution in [2.75, 3.05) is 0 Å². The van der Waals surface area contributed by atoms with Gasteiger partial charge in [0.25, 0.3) is 0 Å². The molecule has 0 saturated heterocycles. The summed E-state index contributed by atoms with van der Waals surface area (Å²) in [7, 11) is 0. The van der Waals surface area contributed by atoms with E-state index in [1.165, 1.54) is 65.6 Å². The van der Waals surface area contributed by atoms with Gasteiger partial charge in [0.05, 0.1) is 16.6 Å². The number of aromatic nitrogens is 2. The molecule has 0 unspecified atom stereocenters. The SMILES string of the molecule is c1ccc(-n2ccc3c2ccc2c4c5ccccc5c5ccccc5c4n(-c4ccccc4)c23)cc1. The molecule has 168 valence electrons. The normalized spacial score (nSPS) is 11.9. The molecular weight excluding hydrogens is 436 g/mol. The van der Waals surface area contributed by atoms with E-state index in [1.54, 1.807) is 0 Å². The molecule has 0 spiro atoms. The van der Waals surface area contributed by atoms with Gasteiger partial charge in [-0.3, -0.25) is 0 Å². The summed E-state index contributed by atoms with van der Waals surface area (Å²) in [4.78, 5) is 0. The van der Waals surface area contributed by atoms with Crippen LogP contribution in [-0.2, 0) is 0 Å². The van der Waals surface area contributed by atoms with Gasteiger partial charge in [0.2, 0.25) is 0 Å². The van der Waals surface area contributed by atoms with Crippen LogP contribution in [0.1, 0.15) is 0 Å². The molecule has 2 heterocycles. The molecule has 2 heteroatoms. The Balaban J connectivity index is 1.66. The average molecular weight is 459 g/mol. The summed E-state index contributed by atoms with van der Waals surface area (Å²) in [5.41, 5.74) is 6.08. The number of rotatable bonds is 2. The Morgan fingerprint density at radius 2 is 0.944 bits per heavy atom. The smallest absolute Gasteiger partial charge is 0.0635 e. The van der Waals surface area contributed by atoms with E-state index >= 15 is 0 Å². The van der Waals surface area contributed by atoms with E-state index < -0.39 is 0 Å². The van der Waals surface area contributed by atoms with Gasteiger partial charge in [-0.05, 0) is 52.6 Å². The predicted octanol–water partition coefficient (Wildman–Crippen LogP) is 9.03. The van der Waals surface area contributed by atoms with E-state index in [0.29, 0.717) is 0 Å². The highest BCUT2D eigenvalue weighted by Gasteiger charge is 2.21. The Morgan fingerprint density at radius 3 is 1.67 bits per heavy atom. The maximum absolute atomic E-state index is 2.48. The molecule has 8 rings (SSSR count). The highest BCUT2D eigenvalue weighted by Crippen LogP contribution is 2.44. The Bertz CT molecular complexity index is 2080. The molecule has 0 aliphatic rings. The van der Waals surface area contributed by atoms with E-state index in [4.69, 9.17) is 0 Å². The molecule has 36 heavy (non-hydrogen) atoms. The lowest BCUT2D eigenvalue weighted by atomic mass is 9.96. The van der Waals surface area contributed by atoms with Crippen molar-refractivity contribution < 1.29 is 0 Å². The maximum atomic E-state index is 2.48. The first-order valence-corrected chi connectivity index (χ1v) is 12.4. The second-order valence-corrected chi connectivity index (χ2v) is 9.40. The average Bonchev–Trinajstić information content (AvgIpc) is 3.54. The third kappa shape index (κ3) is 2.56. The van der Waals surface area contributed by atoms with Gasteiger partial charge in [-0.25, -0.2) is 0 Å². The molecule has 0 saturated carbocycles. The minimum absolute atomic E-state index is 1.17. The zero-order chi connectivity index (χ0) is 23.6. The van der Waals surface area contributed by atoms with Crippen molar-refractivity contribution in [3.05, 3.63) is 134 Å². The van der Waals surface area contributed by atoms with Gasteiger partial charge < -0.3 is 9.13 Å². The van der Waals surface area contributed by atoms with E-state index in [9.17, 15) is 0 Å². The molecular formula is C34H22N2. The predicted molar refractivity (Wildman–Crippen MR) is 153 cm³/mol. The first-order chi connectivity index (χ1) is 17.9. The van der Waals surface area contributed by atoms with Crippen LogP contribution in [-0.4, -0.2) is 9.13 Å². The van der Waals surface area contributed by atoms with Crippen molar-refractivity contribution in [3.63, 3.8) is 0 Å². The molecule has 0 aliphatic heterocycles. The lowest BCUT2D eigenvalue weighted by Crippen LogP contribution is -1.95. The second kappa shape index (κ2) is 7.34. The van der Waals surface area contributed by atoms with Gasteiger partial charge in [0, 0.05) is 39.1 Å². The summed E-state index contributed by atoms with van der Waals surface area (Å²) in [5, 5.41) is 9.03. The Hall–Kier alpha value is -4.82. The Morgan fingerprint density at radius 1 is 0.361 bits per heavy atom. The van der Waals surface area contributed by atoms with Crippen LogP contribution < -0.4 is 0 Å². The van der Waals surface area contributed by atoms with Gasteiger partial charge in [0.15, 0.2) is 0 Å². The number of nitrogens with zero attached hydrogens (tertiary/aromatic N) is 2. The maximum Gasteiger partial charge on any atom is 0.0635 e. The van der Waals surface area contributed by atoms with Gasteiger partial charge in [-0.2, -0.15) is 0 Å². The van der Waals surface area contributed by atoms with E-state index in [0.717, 1.165) is 0 Å². The molecule has 0 fully saturated rings. The second-order valence-electron chi connectivity index (χ2n) is 9.40. The first kappa shape index (κ1) is 19.5. The summed E-state index contributed by atoms with van der Waals surface area (Å²) in [5.74, 6) is 0. The van der Waals surface area contributed by atoms with Crippen molar-refractivity contribution in [1.82, 2.24) is 9.13 Å². The number of hydrogen-bond donors (Lipinski definition) is 0. The number of fused-ring (bicyclic) bond motifs is 10. The van der Waals surface area contributed by atoms with Crippen LogP contribution in [0, 0.1) is 0 Å². The Kier molecular flexibility index (Phi) is 3.97. The van der Waals surface area contributed by atoms with E-state index in [2.05, 4.69) is 143 Å². The third-order valence-corrected chi connectivity index (χ3v) is 7.51. The van der Waals surface area contributed by atoms with Crippen molar-refractivity contribution in [3.8, 4) is 11.4 Å². The summed E-state index contributed by atoms with van der Waals surface area (Å²) in [6.07, 6.45) is 2.20. The molecule has 8 aromatic rings. The van der Waals surface area contributed by atoms with Crippen molar-refractivity contribution in [1.29, 1.82) is 0 Å². The zero-order valence-electron chi connectivity index (χ0n) is 19.6. The fourth-order valence-electron chi connectivity index (χ4n) is 6.03. The lowest BCUT2D eigenvalue weighted by Gasteiger charge is -2.12. The molecule has 0 N–H and O–H groups in total. The van der Waals surface area contributed by atoms with Crippen LogP contribution in [0.2, 0.25) is 0 Å². The monoisotopic (exact) mass is 458 g/mol. The molecule has 0 aliphatic carbocycles. The molecule has 0 amide bonds. The van der Waals surface area contributed by atoms with Crippen LogP contribution in [0.25, 0.3) is 65.6 Å². The summed E-state index contributed by atoms with van der Waals surface area (Å²) < 4.78 is 4.77. The highest BCUT2D eigenvalue weighted by atomic mass is 15.0. The molecule has 0 bridgehead atoms. The Labute approximate surface area is 208 Å². The van der Waals surface area contributed by atoms with Gasteiger partial charge >= 0.3 is 0 Å². The van der Waals surface area contributed by atoms with E-state index in [1.807, 2.05) is 0 Å². The summed E-state index contributed by atoms with van der Waals surface area (Å²) in [6, 6.07) is 45.9.